The van der Waals surface area contributed by atoms with Gasteiger partial charge in [0.15, 0.2) is 0 Å². The van der Waals surface area contributed by atoms with Gasteiger partial charge in [0.25, 0.3) is 0 Å². The predicted octanol–water partition coefficient (Wildman–Crippen LogP) is 2.86. The van der Waals surface area contributed by atoms with Gasteiger partial charge in [-0.15, -0.1) is 0 Å². The fourth-order valence-corrected chi connectivity index (χ4v) is 1.39. The fraction of sp³-hybridized carbons (Fsp3) is 0.500. The Morgan fingerprint density at radius 3 is 1.33 bits per heavy atom. The molecule has 0 atom stereocenters. The van der Waals surface area contributed by atoms with E-state index in [0.29, 0.717) is 0 Å². The zero-order valence-electron chi connectivity index (χ0n) is 3.17. The summed E-state index contributed by atoms with van der Waals surface area (Å²) in [6, 6.07) is 0. The molecule has 1 aliphatic rings. The number of halogens is 2. The third-order valence-corrected chi connectivity index (χ3v) is 4.27. The van der Waals surface area contributed by atoms with Gasteiger partial charge < -0.3 is 0 Å². The molecule has 0 fully saturated rings. The topological polar surface area (TPSA) is 0 Å². The Labute approximate surface area is 64.7 Å². The predicted molar refractivity (Wildman–Crippen MR) is 44.3 cm³/mol. The van der Waals surface area contributed by atoms with Crippen LogP contribution in [-0.2, 0) is 0 Å². The molecule has 0 aromatic carbocycles. The van der Waals surface area contributed by atoms with Crippen LogP contribution in [0.15, 0.2) is 7.16 Å². The van der Waals surface area contributed by atoms with E-state index < -0.39 is 0 Å². The number of allylic oxidation sites excluding steroid dienone is 2. The third-order valence-electron chi connectivity index (χ3n) is 0.858. The molecular formula is C4H4I2. The Bertz CT molecular complexity index is 81.7. The first kappa shape index (κ1) is 5.34. The minimum Gasteiger partial charge on any atom is -0.0483 e. The van der Waals surface area contributed by atoms with E-state index >= 15 is 0 Å². The molecule has 0 aliphatic heterocycles. The molecule has 0 radical (unpaired) electrons. The summed E-state index contributed by atoms with van der Waals surface area (Å²) in [5.41, 5.74) is 0. The van der Waals surface area contributed by atoms with Crippen LogP contribution in [0.4, 0.5) is 0 Å². The lowest BCUT2D eigenvalue weighted by Gasteiger charge is -2.11. The molecule has 1 aliphatic carbocycles. The van der Waals surface area contributed by atoms with Crippen LogP contribution in [0, 0.1) is 0 Å². The van der Waals surface area contributed by atoms with Crippen molar-refractivity contribution in [2.24, 2.45) is 0 Å². The SMILES string of the molecule is IC1=C(I)CC1. The summed E-state index contributed by atoms with van der Waals surface area (Å²) in [6.45, 7) is 0. The van der Waals surface area contributed by atoms with Crippen molar-refractivity contribution in [3.63, 3.8) is 0 Å². The van der Waals surface area contributed by atoms with E-state index in [9.17, 15) is 0 Å². The lowest BCUT2D eigenvalue weighted by molar-refractivity contribution is 0.944. The second-order valence-corrected chi connectivity index (χ2v) is 3.91. The fourth-order valence-electron chi connectivity index (χ4n) is 0.314. The molecule has 0 amide bonds. The Morgan fingerprint density at radius 2 is 1.33 bits per heavy atom. The highest BCUT2D eigenvalue weighted by molar-refractivity contribution is 14.1. The van der Waals surface area contributed by atoms with E-state index in [1.807, 2.05) is 0 Å². The van der Waals surface area contributed by atoms with Crippen molar-refractivity contribution in [3.05, 3.63) is 7.16 Å². The summed E-state index contributed by atoms with van der Waals surface area (Å²) in [6.07, 6.45) is 2.66. The molecule has 0 N–H and O–H groups in total. The molecule has 1 rings (SSSR count). The molecule has 0 aromatic heterocycles. The van der Waals surface area contributed by atoms with Crippen molar-refractivity contribution in [2.45, 2.75) is 12.8 Å². The van der Waals surface area contributed by atoms with E-state index in [0.717, 1.165) is 0 Å². The summed E-state index contributed by atoms with van der Waals surface area (Å²) in [4.78, 5) is 0. The first-order chi connectivity index (χ1) is 2.80. The standard InChI is InChI=1S/C4H4I2/c5-3-1-2-4(3)6/h1-2H2. The maximum atomic E-state index is 2.39. The molecular weight excluding hydrogens is 302 g/mol. The van der Waals surface area contributed by atoms with Gasteiger partial charge in [-0.25, -0.2) is 0 Å². The van der Waals surface area contributed by atoms with Crippen molar-refractivity contribution >= 4 is 45.2 Å². The van der Waals surface area contributed by atoms with Gasteiger partial charge >= 0.3 is 0 Å². The largest absolute Gasteiger partial charge is 0.0483 e. The normalized spacial score (nSPS) is 21.0. The average Bonchev–Trinajstić information content (AvgIpc) is 1.61. The van der Waals surface area contributed by atoms with E-state index in [2.05, 4.69) is 45.2 Å². The number of hydrogen-bond donors (Lipinski definition) is 0. The summed E-state index contributed by atoms with van der Waals surface area (Å²) >= 11 is 4.78. The van der Waals surface area contributed by atoms with Crippen LogP contribution in [0.1, 0.15) is 12.8 Å². The van der Waals surface area contributed by atoms with Gasteiger partial charge in [-0.3, -0.25) is 0 Å². The van der Waals surface area contributed by atoms with Crippen LogP contribution in [0.25, 0.3) is 0 Å². The highest BCUT2D eigenvalue weighted by Gasteiger charge is 2.09. The van der Waals surface area contributed by atoms with Crippen LogP contribution < -0.4 is 0 Å². The highest BCUT2D eigenvalue weighted by atomic mass is 127. The lowest BCUT2D eigenvalue weighted by atomic mass is 10.1. The maximum absolute atomic E-state index is 2.39. The van der Waals surface area contributed by atoms with Crippen molar-refractivity contribution in [3.8, 4) is 0 Å². The summed E-state index contributed by atoms with van der Waals surface area (Å²) in [5, 5.41) is 0. The van der Waals surface area contributed by atoms with Crippen molar-refractivity contribution in [1.29, 1.82) is 0 Å². The van der Waals surface area contributed by atoms with Gasteiger partial charge in [-0.2, -0.15) is 0 Å². The average molecular weight is 306 g/mol. The van der Waals surface area contributed by atoms with Gasteiger partial charge in [0.1, 0.15) is 0 Å². The lowest BCUT2D eigenvalue weighted by Crippen LogP contribution is -1.88. The van der Waals surface area contributed by atoms with E-state index in [4.69, 9.17) is 0 Å². The molecule has 0 unspecified atom stereocenters. The molecule has 6 heavy (non-hydrogen) atoms. The first-order valence-corrected chi connectivity index (χ1v) is 3.99. The van der Waals surface area contributed by atoms with Crippen molar-refractivity contribution in [2.75, 3.05) is 0 Å². The molecule has 0 bridgehead atoms. The van der Waals surface area contributed by atoms with Gasteiger partial charge in [0, 0.05) is 7.16 Å². The van der Waals surface area contributed by atoms with Crippen LogP contribution in [0.5, 0.6) is 0 Å². The Kier molecular flexibility index (Phi) is 1.76. The maximum Gasteiger partial charge on any atom is 0.000216 e. The minimum atomic E-state index is 1.33. The van der Waals surface area contributed by atoms with Gasteiger partial charge in [-0.05, 0) is 58.0 Å². The van der Waals surface area contributed by atoms with E-state index in [1.54, 1.807) is 7.16 Å². The molecule has 34 valence electrons. The van der Waals surface area contributed by atoms with Gasteiger partial charge in [0.2, 0.25) is 0 Å². The first-order valence-electron chi connectivity index (χ1n) is 1.84. The second kappa shape index (κ2) is 1.98. The molecule has 0 nitrogen and oxygen atoms in total. The highest BCUT2D eigenvalue weighted by Crippen LogP contribution is 2.36. The second-order valence-electron chi connectivity index (χ2n) is 1.31. The monoisotopic (exact) mass is 306 g/mol. The van der Waals surface area contributed by atoms with Crippen LogP contribution in [0.2, 0.25) is 0 Å². The quantitative estimate of drug-likeness (QED) is 0.604. The minimum absolute atomic E-state index is 1.33. The van der Waals surface area contributed by atoms with Crippen LogP contribution in [0.3, 0.4) is 0 Å². The molecule has 2 heteroatoms. The van der Waals surface area contributed by atoms with E-state index in [1.165, 1.54) is 12.8 Å². The van der Waals surface area contributed by atoms with E-state index in [-0.39, 0.29) is 0 Å². The van der Waals surface area contributed by atoms with Gasteiger partial charge in [-0.1, -0.05) is 0 Å². The molecule has 0 saturated heterocycles. The summed E-state index contributed by atoms with van der Waals surface area (Å²) < 4.78 is 3.13. The number of rotatable bonds is 0. The van der Waals surface area contributed by atoms with Crippen LogP contribution in [-0.4, -0.2) is 0 Å². The summed E-state index contributed by atoms with van der Waals surface area (Å²) in [5.74, 6) is 0. The Morgan fingerprint density at radius 1 is 1.00 bits per heavy atom. The zero-order chi connectivity index (χ0) is 4.57. The Balaban J connectivity index is 2.66. The van der Waals surface area contributed by atoms with Gasteiger partial charge in [0.05, 0.1) is 0 Å². The van der Waals surface area contributed by atoms with Crippen LogP contribution >= 0.6 is 45.2 Å². The third kappa shape index (κ3) is 0.882. The van der Waals surface area contributed by atoms with Crippen molar-refractivity contribution in [1.82, 2.24) is 0 Å². The number of hydrogen-bond acceptors (Lipinski definition) is 0. The zero-order valence-corrected chi connectivity index (χ0v) is 7.49. The molecule has 0 heterocycles. The molecule has 0 aromatic rings. The Hall–Kier alpha value is 1.20. The smallest absolute Gasteiger partial charge is 0.000216 e. The summed E-state index contributed by atoms with van der Waals surface area (Å²) in [7, 11) is 0. The molecule has 0 saturated carbocycles. The van der Waals surface area contributed by atoms with Crippen molar-refractivity contribution < 1.29 is 0 Å². The molecule has 0 spiro atoms.